The first-order valence-electron chi connectivity index (χ1n) is 5.58. The second-order valence-electron chi connectivity index (χ2n) is 3.92. The first-order valence-corrected chi connectivity index (χ1v) is 6.78. The normalized spacial score (nSPS) is 10.3. The molecule has 3 nitrogen and oxygen atoms in total. The predicted octanol–water partition coefficient (Wildman–Crippen LogP) is 4.56. The minimum atomic E-state index is 0.563. The van der Waals surface area contributed by atoms with Gasteiger partial charge in [-0.15, -0.1) is 0 Å². The molecule has 19 heavy (non-hydrogen) atoms. The van der Waals surface area contributed by atoms with Gasteiger partial charge in [0.05, 0.1) is 32.6 Å². The molecule has 3 aromatic rings. The number of halogens is 1. The molecular weight excluding hydrogens is 278 g/mol. The summed E-state index contributed by atoms with van der Waals surface area (Å²) >= 11 is 7.66. The molecule has 0 amide bonds. The van der Waals surface area contributed by atoms with Gasteiger partial charge in [-0.1, -0.05) is 35.1 Å². The van der Waals surface area contributed by atoms with Crippen LogP contribution in [0, 0.1) is 11.3 Å². The molecule has 5 heteroatoms. The van der Waals surface area contributed by atoms with Crippen molar-refractivity contribution in [2.75, 3.05) is 5.32 Å². The topological polar surface area (TPSA) is 48.7 Å². The Labute approximate surface area is 119 Å². The molecule has 1 aromatic heterocycles. The average molecular weight is 286 g/mol. The van der Waals surface area contributed by atoms with Crippen molar-refractivity contribution >= 4 is 44.0 Å². The first kappa shape index (κ1) is 12.0. The largest absolute Gasteiger partial charge is 0.330 e. The molecule has 0 bridgehead atoms. The van der Waals surface area contributed by atoms with E-state index in [1.54, 1.807) is 29.5 Å². The van der Waals surface area contributed by atoms with Gasteiger partial charge in [0, 0.05) is 0 Å². The van der Waals surface area contributed by atoms with Gasteiger partial charge < -0.3 is 5.32 Å². The van der Waals surface area contributed by atoms with Gasteiger partial charge in [0.2, 0.25) is 0 Å². The molecule has 0 aliphatic rings. The Balaban J connectivity index is 1.98. The number of benzene rings is 2. The zero-order valence-corrected chi connectivity index (χ0v) is 11.3. The van der Waals surface area contributed by atoms with Crippen molar-refractivity contribution in [2.45, 2.75) is 0 Å². The fourth-order valence-corrected chi connectivity index (χ4v) is 2.77. The molecule has 0 radical (unpaired) electrons. The van der Waals surface area contributed by atoms with Crippen LogP contribution in [0.25, 0.3) is 10.2 Å². The summed E-state index contributed by atoms with van der Waals surface area (Å²) in [6.45, 7) is 0. The molecule has 0 spiro atoms. The molecule has 0 saturated heterocycles. The van der Waals surface area contributed by atoms with Crippen LogP contribution < -0.4 is 5.32 Å². The number of aromatic nitrogens is 1. The third kappa shape index (κ3) is 2.39. The maximum atomic E-state index is 8.90. The van der Waals surface area contributed by atoms with E-state index >= 15 is 0 Å². The SMILES string of the molecule is N#Cc1ccc(Cl)c(Nc2nc3ccccc3s2)c1. The second kappa shape index (κ2) is 4.88. The zero-order chi connectivity index (χ0) is 13.2. The van der Waals surface area contributed by atoms with Gasteiger partial charge in [0.15, 0.2) is 5.13 Å². The second-order valence-corrected chi connectivity index (χ2v) is 5.36. The number of anilines is 2. The lowest BCUT2D eigenvalue weighted by Crippen LogP contribution is -1.91. The van der Waals surface area contributed by atoms with Crippen molar-refractivity contribution in [3.63, 3.8) is 0 Å². The number of fused-ring (bicyclic) bond motifs is 1. The molecule has 3 rings (SSSR count). The number of hydrogen-bond donors (Lipinski definition) is 1. The fraction of sp³-hybridized carbons (Fsp3) is 0. The Morgan fingerprint density at radius 3 is 2.84 bits per heavy atom. The summed E-state index contributed by atoms with van der Waals surface area (Å²) in [4.78, 5) is 4.47. The summed E-state index contributed by atoms with van der Waals surface area (Å²) in [5.74, 6) is 0. The van der Waals surface area contributed by atoms with Gasteiger partial charge in [-0.25, -0.2) is 4.98 Å². The molecule has 1 N–H and O–H groups in total. The van der Waals surface area contributed by atoms with Crippen LogP contribution in [0.5, 0.6) is 0 Å². The Hall–Kier alpha value is -2.09. The Bertz CT molecular complexity index is 756. The van der Waals surface area contributed by atoms with Crippen molar-refractivity contribution in [1.29, 1.82) is 5.26 Å². The van der Waals surface area contributed by atoms with Crippen LogP contribution in [-0.4, -0.2) is 4.98 Å². The van der Waals surface area contributed by atoms with Gasteiger partial charge in [0.25, 0.3) is 0 Å². The number of nitriles is 1. The standard InChI is InChI=1S/C14H8ClN3S/c15-10-6-5-9(8-16)7-12(10)18-14-17-11-3-1-2-4-13(11)19-14/h1-7H,(H,17,18). The summed E-state index contributed by atoms with van der Waals surface area (Å²) in [7, 11) is 0. The summed E-state index contributed by atoms with van der Waals surface area (Å²) < 4.78 is 1.11. The highest BCUT2D eigenvalue weighted by atomic mass is 35.5. The van der Waals surface area contributed by atoms with Crippen LogP contribution in [0.15, 0.2) is 42.5 Å². The van der Waals surface area contributed by atoms with Crippen LogP contribution in [-0.2, 0) is 0 Å². The molecule has 2 aromatic carbocycles. The number of thiazole rings is 1. The van der Waals surface area contributed by atoms with Crippen molar-refractivity contribution in [2.24, 2.45) is 0 Å². The lowest BCUT2D eigenvalue weighted by molar-refractivity contribution is 1.43. The summed E-state index contributed by atoms with van der Waals surface area (Å²) in [5, 5.41) is 13.4. The van der Waals surface area contributed by atoms with Crippen molar-refractivity contribution in [3.8, 4) is 6.07 Å². The lowest BCUT2D eigenvalue weighted by atomic mass is 10.2. The van der Waals surface area contributed by atoms with Crippen LogP contribution in [0.1, 0.15) is 5.56 Å². The van der Waals surface area contributed by atoms with Crippen molar-refractivity contribution in [1.82, 2.24) is 4.98 Å². The van der Waals surface area contributed by atoms with Crippen LogP contribution in [0.2, 0.25) is 5.02 Å². The van der Waals surface area contributed by atoms with Crippen molar-refractivity contribution < 1.29 is 0 Å². The molecule has 0 unspecified atom stereocenters. The molecule has 1 heterocycles. The summed E-state index contributed by atoms with van der Waals surface area (Å²) in [6.07, 6.45) is 0. The van der Waals surface area contributed by atoms with E-state index in [1.165, 1.54) is 0 Å². The quantitative estimate of drug-likeness (QED) is 0.750. The van der Waals surface area contributed by atoms with E-state index in [-0.39, 0.29) is 0 Å². The molecule has 0 atom stereocenters. The fourth-order valence-electron chi connectivity index (χ4n) is 1.73. The molecule has 0 saturated carbocycles. The highest BCUT2D eigenvalue weighted by molar-refractivity contribution is 7.22. The lowest BCUT2D eigenvalue weighted by Gasteiger charge is -2.04. The average Bonchev–Trinajstić information content (AvgIpc) is 2.83. The van der Waals surface area contributed by atoms with E-state index in [0.717, 1.165) is 15.3 Å². The van der Waals surface area contributed by atoms with E-state index in [1.807, 2.05) is 24.3 Å². The summed E-state index contributed by atoms with van der Waals surface area (Å²) in [6, 6.07) is 15.1. The van der Waals surface area contributed by atoms with Gasteiger partial charge >= 0.3 is 0 Å². The maximum Gasteiger partial charge on any atom is 0.188 e. The molecule has 0 aliphatic carbocycles. The Kier molecular flexibility index (Phi) is 3.08. The van der Waals surface area contributed by atoms with Gasteiger partial charge in [0.1, 0.15) is 0 Å². The minimum Gasteiger partial charge on any atom is -0.330 e. The Morgan fingerprint density at radius 1 is 1.21 bits per heavy atom. The molecule has 0 fully saturated rings. The van der Waals surface area contributed by atoms with Gasteiger partial charge in [-0.2, -0.15) is 5.26 Å². The van der Waals surface area contributed by atoms with E-state index in [9.17, 15) is 0 Å². The molecule has 0 aliphatic heterocycles. The zero-order valence-electron chi connectivity index (χ0n) is 9.72. The maximum absolute atomic E-state index is 8.90. The van der Waals surface area contributed by atoms with Gasteiger partial charge in [-0.05, 0) is 30.3 Å². The van der Waals surface area contributed by atoms with Crippen molar-refractivity contribution in [3.05, 3.63) is 53.1 Å². The number of hydrogen-bond acceptors (Lipinski definition) is 4. The number of nitrogens with one attached hydrogen (secondary N) is 1. The molecule has 92 valence electrons. The van der Waals surface area contributed by atoms with Crippen LogP contribution in [0.3, 0.4) is 0 Å². The van der Waals surface area contributed by atoms with E-state index in [2.05, 4.69) is 16.4 Å². The minimum absolute atomic E-state index is 0.563. The highest BCUT2D eigenvalue weighted by Gasteiger charge is 2.06. The Morgan fingerprint density at radius 2 is 2.05 bits per heavy atom. The van der Waals surface area contributed by atoms with E-state index in [4.69, 9.17) is 16.9 Å². The van der Waals surface area contributed by atoms with Crippen LogP contribution in [0.4, 0.5) is 10.8 Å². The third-order valence-corrected chi connectivity index (χ3v) is 3.91. The monoisotopic (exact) mass is 285 g/mol. The smallest absolute Gasteiger partial charge is 0.188 e. The highest BCUT2D eigenvalue weighted by Crippen LogP contribution is 2.31. The molecular formula is C14H8ClN3S. The van der Waals surface area contributed by atoms with E-state index < -0.39 is 0 Å². The number of rotatable bonds is 2. The number of para-hydroxylation sites is 1. The van der Waals surface area contributed by atoms with E-state index in [0.29, 0.717) is 16.3 Å². The van der Waals surface area contributed by atoms with Crippen LogP contribution >= 0.6 is 22.9 Å². The predicted molar refractivity (Wildman–Crippen MR) is 79.1 cm³/mol. The number of nitrogens with zero attached hydrogens (tertiary/aromatic N) is 2. The first-order chi connectivity index (χ1) is 9.26. The van der Waals surface area contributed by atoms with Gasteiger partial charge in [-0.3, -0.25) is 0 Å². The third-order valence-electron chi connectivity index (χ3n) is 2.63. The summed E-state index contributed by atoms with van der Waals surface area (Å²) in [5.41, 5.74) is 2.20.